The Labute approximate surface area is 116 Å². The average molecular weight is 282 g/mol. The molecule has 19 heavy (non-hydrogen) atoms. The van der Waals surface area contributed by atoms with Crippen molar-refractivity contribution in [3.05, 3.63) is 30.3 Å². The van der Waals surface area contributed by atoms with Gasteiger partial charge in [-0.3, -0.25) is 4.79 Å². The molecule has 0 aromatic heterocycles. The number of nitrogens with one attached hydrogen (secondary N) is 2. The molecule has 0 aliphatic rings. The zero-order valence-corrected chi connectivity index (χ0v) is 11.4. The number of hydrogen-bond acceptors (Lipinski definition) is 3. The molecule has 0 aliphatic heterocycles. The van der Waals surface area contributed by atoms with Crippen LogP contribution < -0.4 is 10.6 Å². The Bertz CT molecular complexity index is 398. The molecule has 0 spiro atoms. The van der Waals surface area contributed by atoms with E-state index in [0.29, 0.717) is 19.5 Å². The van der Waals surface area contributed by atoms with Crippen LogP contribution >= 0.6 is 11.8 Å². The van der Waals surface area contributed by atoms with Crippen molar-refractivity contribution in [2.24, 2.45) is 0 Å². The molecule has 0 fully saturated rings. The van der Waals surface area contributed by atoms with Crippen molar-refractivity contribution >= 4 is 23.8 Å². The molecule has 6 heteroatoms. The molecule has 2 amide bonds. The molecule has 1 rings (SSSR count). The van der Waals surface area contributed by atoms with Crippen molar-refractivity contribution in [3.63, 3.8) is 0 Å². The van der Waals surface area contributed by atoms with E-state index in [1.165, 1.54) is 4.90 Å². The topological polar surface area (TPSA) is 78.4 Å². The summed E-state index contributed by atoms with van der Waals surface area (Å²) < 4.78 is 0. The van der Waals surface area contributed by atoms with Crippen LogP contribution in [-0.4, -0.2) is 35.9 Å². The van der Waals surface area contributed by atoms with Crippen LogP contribution in [0.15, 0.2) is 35.2 Å². The summed E-state index contributed by atoms with van der Waals surface area (Å²) in [6.45, 7) is 0.953. The third-order valence-corrected chi connectivity index (χ3v) is 3.27. The average Bonchev–Trinajstić information content (AvgIpc) is 2.41. The number of hydrogen-bond donors (Lipinski definition) is 3. The van der Waals surface area contributed by atoms with E-state index < -0.39 is 5.97 Å². The molecule has 0 bridgehead atoms. The lowest BCUT2D eigenvalue weighted by Gasteiger charge is -2.06. The maximum atomic E-state index is 11.3. The van der Waals surface area contributed by atoms with Crippen molar-refractivity contribution in [2.75, 3.05) is 18.8 Å². The van der Waals surface area contributed by atoms with Crippen LogP contribution in [0.5, 0.6) is 0 Å². The van der Waals surface area contributed by atoms with E-state index in [1.807, 2.05) is 30.3 Å². The third-order valence-electron chi connectivity index (χ3n) is 2.25. The lowest BCUT2D eigenvalue weighted by Crippen LogP contribution is -2.37. The summed E-state index contributed by atoms with van der Waals surface area (Å²) in [5.74, 6) is -0.0477. The van der Waals surface area contributed by atoms with E-state index in [1.54, 1.807) is 11.8 Å². The molecular formula is C13H18N2O3S. The molecule has 0 aliphatic carbocycles. The highest BCUT2D eigenvalue weighted by molar-refractivity contribution is 7.99. The van der Waals surface area contributed by atoms with Gasteiger partial charge in [-0.15, -0.1) is 11.8 Å². The molecule has 0 saturated heterocycles. The normalized spacial score (nSPS) is 9.89. The Morgan fingerprint density at radius 1 is 1.11 bits per heavy atom. The molecule has 0 unspecified atom stereocenters. The number of carboxylic acid groups (broad SMARTS) is 1. The Balaban J connectivity index is 2.00. The fourth-order valence-electron chi connectivity index (χ4n) is 1.35. The summed E-state index contributed by atoms with van der Waals surface area (Å²) in [5.41, 5.74) is 0. The maximum absolute atomic E-state index is 11.3. The van der Waals surface area contributed by atoms with Gasteiger partial charge in [0.15, 0.2) is 0 Å². The number of urea groups is 1. The number of thioether (sulfide) groups is 1. The van der Waals surface area contributed by atoms with Crippen LogP contribution in [0.25, 0.3) is 0 Å². The highest BCUT2D eigenvalue weighted by Gasteiger charge is 2.00. The molecule has 3 N–H and O–H groups in total. The summed E-state index contributed by atoms with van der Waals surface area (Å²) in [6, 6.07) is 9.72. The van der Waals surface area contributed by atoms with Gasteiger partial charge >= 0.3 is 12.0 Å². The predicted octanol–water partition coefficient (Wildman–Crippen LogP) is 1.94. The molecule has 1 aromatic carbocycles. The number of amides is 2. The fourth-order valence-corrected chi connectivity index (χ4v) is 2.14. The molecular weight excluding hydrogens is 264 g/mol. The molecule has 0 heterocycles. The lowest BCUT2D eigenvalue weighted by molar-refractivity contribution is -0.137. The van der Waals surface area contributed by atoms with Gasteiger partial charge in [-0.25, -0.2) is 4.79 Å². The standard InChI is InChI=1S/C13H18N2O3S/c16-12(17)7-4-8-14-13(18)15-9-10-19-11-5-2-1-3-6-11/h1-3,5-6H,4,7-10H2,(H,16,17)(H2,14,15,18). The predicted molar refractivity (Wildman–Crippen MR) is 75.4 cm³/mol. The lowest BCUT2D eigenvalue weighted by atomic mass is 10.3. The van der Waals surface area contributed by atoms with Gasteiger partial charge in [-0.2, -0.15) is 0 Å². The molecule has 1 aromatic rings. The van der Waals surface area contributed by atoms with E-state index in [9.17, 15) is 9.59 Å². The number of aliphatic carboxylic acids is 1. The van der Waals surface area contributed by atoms with Gasteiger partial charge in [0.05, 0.1) is 0 Å². The summed E-state index contributed by atoms with van der Waals surface area (Å²) in [5, 5.41) is 13.8. The minimum Gasteiger partial charge on any atom is -0.481 e. The van der Waals surface area contributed by atoms with Gasteiger partial charge in [0.25, 0.3) is 0 Å². The SMILES string of the molecule is O=C(O)CCCNC(=O)NCCSc1ccccc1. The first-order valence-corrected chi connectivity index (χ1v) is 7.08. The highest BCUT2D eigenvalue weighted by atomic mass is 32.2. The molecule has 0 radical (unpaired) electrons. The van der Waals surface area contributed by atoms with Crippen molar-refractivity contribution in [1.29, 1.82) is 0 Å². The number of benzene rings is 1. The highest BCUT2D eigenvalue weighted by Crippen LogP contribution is 2.15. The quantitative estimate of drug-likeness (QED) is 0.503. The summed E-state index contributed by atoms with van der Waals surface area (Å²) >= 11 is 1.67. The zero-order valence-electron chi connectivity index (χ0n) is 10.6. The second-order valence-electron chi connectivity index (χ2n) is 3.84. The van der Waals surface area contributed by atoms with E-state index >= 15 is 0 Å². The van der Waals surface area contributed by atoms with Crippen LogP contribution in [0, 0.1) is 0 Å². The number of carbonyl (C=O) groups is 2. The van der Waals surface area contributed by atoms with Crippen molar-refractivity contribution in [1.82, 2.24) is 10.6 Å². The number of carbonyl (C=O) groups excluding carboxylic acids is 1. The van der Waals surface area contributed by atoms with Gasteiger partial charge < -0.3 is 15.7 Å². The van der Waals surface area contributed by atoms with Crippen molar-refractivity contribution in [3.8, 4) is 0 Å². The van der Waals surface area contributed by atoms with Crippen LogP contribution in [0.1, 0.15) is 12.8 Å². The Morgan fingerprint density at radius 2 is 1.79 bits per heavy atom. The third kappa shape index (κ3) is 8.10. The molecule has 104 valence electrons. The molecule has 5 nitrogen and oxygen atoms in total. The van der Waals surface area contributed by atoms with E-state index in [4.69, 9.17) is 5.11 Å². The second-order valence-corrected chi connectivity index (χ2v) is 5.01. The van der Waals surface area contributed by atoms with Gasteiger partial charge in [0, 0.05) is 30.2 Å². The Hall–Kier alpha value is -1.69. The fraction of sp³-hybridized carbons (Fsp3) is 0.385. The van der Waals surface area contributed by atoms with Gasteiger partial charge in [0.2, 0.25) is 0 Å². The van der Waals surface area contributed by atoms with Gasteiger partial charge in [-0.1, -0.05) is 18.2 Å². The summed E-state index contributed by atoms with van der Waals surface area (Å²) in [7, 11) is 0. The van der Waals surface area contributed by atoms with Crippen molar-refractivity contribution < 1.29 is 14.7 Å². The van der Waals surface area contributed by atoms with E-state index in [0.717, 1.165) is 5.75 Å². The first-order valence-electron chi connectivity index (χ1n) is 6.10. The van der Waals surface area contributed by atoms with Crippen LogP contribution in [0.3, 0.4) is 0 Å². The zero-order chi connectivity index (χ0) is 13.9. The molecule has 0 atom stereocenters. The summed E-state index contributed by atoms with van der Waals surface area (Å²) in [6.07, 6.45) is 0.520. The second kappa shape index (κ2) is 9.27. The number of carboxylic acids is 1. The largest absolute Gasteiger partial charge is 0.481 e. The van der Waals surface area contributed by atoms with Crippen LogP contribution in [0.2, 0.25) is 0 Å². The van der Waals surface area contributed by atoms with E-state index in [-0.39, 0.29) is 12.5 Å². The van der Waals surface area contributed by atoms with Gasteiger partial charge in [0.1, 0.15) is 0 Å². The molecule has 0 saturated carbocycles. The van der Waals surface area contributed by atoms with Crippen molar-refractivity contribution in [2.45, 2.75) is 17.7 Å². The Morgan fingerprint density at radius 3 is 2.47 bits per heavy atom. The first-order chi connectivity index (χ1) is 9.18. The Kier molecular flexibility index (Phi) is 7.50. The number of rotatable bonds is 8. The van der Waals surface area contributed by atoms with Gasteiger partial charge in [-0.05, 0) is 18.6 Å². The minimum absolute atomic E-state index is 0.0736. The van der Waals surface area contributed by atoms with Crippen LogP contribution in [-0.2, 0) is 4.79 Å². The monoisotopic (exact) mass is 282 g/mol. The van der Waals surface area contributed by atoms with E-state index in [2.05, 4.69) is 10.6 Å². The smallest absolute Gasteiger partial charge is 0.314 e. The first kappa shape index (κ1) is 15.4. The maximum Gasteiger partial charge on any atom is 0.314 e. The summed E-state index contributed by atoms with van der Waals surface area (Å²) in [4.78, 5) is 22.8. The van der Waals surface area contributed by atoms with Crippen LogP contribution in [0.4, 0.5) is 4.79 Å². The minimum atomic E-state index is -0.846.